The van der Waals surface area contributed by atoms with Gasteiger partial charge >= 0.3 is 0 Å². The van der Waals surface area contributed by atoms with E-state index in [2.05, 4.69) is 10.3 Å². The highest BCUT2D eigenvalue weighted by atomic mass is 16.1. The molecule has 14 heavy (non-hydrogen) atoms. The van der Waals surface area contributed by atoms with Crippen molar-refractivity contribution in [1.82, 2.24) is 15.0 Å². The van der Waals surface area contributed by atoms with Crippen molar-refractivity contribution in [3.8, 4) is 11.3 Å². The zero-order chi connectivity index (χ0) is 9.80. The molecule has 0 aliphatic rings. The number of hydrogen-bond acceptors (Lipinski definition) is 3. The van der Waals surface area contributed by atoms with Crippen LogP contribution in [0.1, 0.15) is 0 Å². The topological polar surface area (TPSA) is 47.8 Å². The lowest BCUT2D eigenvalue weighted by atomic mass is 10.2. The van der Waals surface area contributed by atoms with Crippen molar-refractivity contribution in [3.63, 3.8) is 0 Å². The van der Waals surface area contributed by atoms with Gasteiger partial charge in [0.15, 0.2) is 0 Å². The zero-order valence-electron chi connectivity index (χ0n) is 7.50. The Kier molecular flexibility index (Phi) is 2.36. The Labute approximate surface area is 81.2 Å². The van der Waals surface area contributed by atoms with Gasteiger partial charge in [0.2, 0.25) is 0 Å². The zero-order valence-corrected chi connectivity index (χ0v) is 7.50. The second kappa shape index (κ2) is 3.83. The number of aldehydes is 1. The quantitative estimate of drug-likeness (QED) is 0.677. The molecule has 4 heteroatoms. The third-order valence-electron chi connectivity index (χ3n) is 1.87. The van der Waals surface area contributed by atoms with Gasteiger partial charge in [-0.3, -0.25) is 0 Å². The Hall–Kier alpha value is -1.97. The standard InChI is InChI=1S/C10H9N3O/c14-7-6-13-8-10(11-12-13)9-4-2-1-3-5-9/h1-5,7-8H,6H2. The Morgan fingerprint density at radius 3 is 2.79 bits per heavy atom. The summed E-state index contributed by atoms with van der Waals surface area (Å²) in [5.41, 5.74) is 1.79. The average Bonchev–Trinajstić information content (AvgIpc) is 2.68. The minimum atomic E-state index is 0.250. The summed E-state index contributed by atoms with van der Waals surface area (Å²) in [6, 6.07) is 9.73. The first-order valence-electron chi connectivity index (χ1n) is 4.29. The van der Waals surface area contributed by atoms with Crippen LogP contribution in [0.25, 0.3) is 11.3 Å². The van der Waals surface area contributed by atoms with Gasteiger partial charge in [-0.15, -0.1) is 5.10 Å². The summed E-state index contributed by atoms with van der Waals surface area (Å²) in [6.45, 7) is 0.250. The minimum absolute atomic E-state index is 0.250. The SMILES string of the molecule is O=CCn1cc(-c2ccccc2)nn1. The van der Waals surface area contributed by atoms with E-state index in [0.717, 1.165) is 17.5 Å². The normalized spacial score (nSPS) is 10.0. The molecule has 2 aromatic rings. The number of hydrogen-bond donors (Lipinski definition) is 0. The Morgan fingerprint density at radius 2 is 2.07 bits per heavy atom. The summed E-state index contributed by atoms with van der Waals surface area (Å²) in [5, 5.41) is 7.78. The van der Waals surface area contributed by atoms with Crippen molar-refractivity contribution in [2.45, 2.75) is 6.54 Å². The maximum Gasteiger partial charge on any atom is 0.141 e. The molecule has 0 fully saturated rings. The van der Waals surface area contributed by atoms with Crippen LogP contribution < -0.4 is 0 Å². The number of rotatable bonds is 3. The maximum absolute atomic E-state index is 10.2. The molecule has 1 aromatic heterocycles. The predicted octanol–water partition coefficient (Wildman–Crippen LogP) is 1.14. The second-order valence-corrected chi connectivity index (χ2v) is 2.86. The second-order valence-electron chi connectivity index (χ2n) is 2.86. The number of nitrogens with zero attached hydrogens (tertiary/aromatic N) is 3. The van der Waals surface area contributed by atoms with E-state index in [-0.39, 0.29) is 6.54 Å². The summed E-state index contributed by atoms with van der Waals surface area (Å²) < 4.78 is 1.51. The molecule has 4 nitrogen and oxygen atoms in total. The fraction of sp³-hybridized carbons (Fsp3) is 0.100. The third kappa shape index (κ3) is 1.69. The number of aromatic nitrogens is 3. The van der Waals surface area contributed by atoms with Crippen LogP contribution in [0.5, 0.6) is 0 Å². The smallest absolute Gasteiger partial charge is 0.141 e. The summed E-state index contributed by atoms with van der Waals surface area (Å²) in [5.74, 6) is 0. The van der Waals surface area contributed by atoms with Crippen molar-refractivity contribution < 1.29 is 4.79 Å². The first-order chi connectivity index (χ1) is 6.90. The molecule has 1 heterocycles. The van der Waals surface area contributed by atoms with Crippen LogP contribution in [0.2, 0.25) is 0 Å². The number of benzene rings is 1. The van der Waals surface area contributed by atoms with Crippen molar-refractivity contribution in [2.24, 2.45) is 0 Å². The van der Waals surface area contributed by atoms with Crippen molar-refractivity contribution in [1.29, 1.82) is 0 Å². The van der Waals surface area contributed by atoms with Gasteiger partial charge < -0.3 is 4.79 Å². The van der Waals surface area contributed by atoms with E-state index in [4.69, 9.17) is 0 Å². The molecule has 0 aliphatic heterocycles. The largest absolute Gasteiger partial charge is 0.301 e. The van der Waals surface area contributed by atoms with E-state index in [0.29, 0.717) is 0 Å². The van der Waals surface area contributed by atoms with Crippen LogP contribution in [0.15, 0.2) is 36.5 Å². The predicted molar refractivity (Wildman–Crippen MR) is 51.5 cm³/mol. The van der Waals surface area contributed by atoms with Crippen molar-refractivity contribution >= 4 is 6.29 Å². The van der Waals surface area contributed by atoms with Crippen molar-refractivity contribution in [3.05, 3.63) is 36.5 Å². The lowest BCUT2D eigenvalue weighted by Gasteiger charge is -1.92. The molecule has 0 spiro atoms. The molecule has 0 N–H and O–H groups in total. The Morgan fingerprint density at radius 1 is 1.29 bits per heavy atom. The van der Waals surface area contributed by atoms with Crippen LogP contribution in [-0.4, -0.2) is 21.3 Å². The summed E-state index contributed by atoms with van der Waals surface area (Å²) in [6.07, 6.45) is 2.55. The number of carbonyl (C=O) groups excluding carboxylic acids is 1. The van der Waals surface area contributed by atoms with E-state index < -0.39 is 0 Å². The molecular formula is C10H9N3O. The fourth-order valence-corrected chi connectivity index (χ4v) is 1.21. The molecule has 0 unspecified atom stereocenters. The average molecular weight is 187 g/mol. The monoisotopic (exact) mass is 187 g/mol. The van der Waals surface area contributed by atoms with Crippen molar-refractivity contribution in [2.75, 3.05) is 0 Å². The van der Waals surface area contributed by atoms with E-state index in [1.807, 2.05) is 30.3 Å². The summed E-state index contributed by atoms with van der Waals surface area (Å²) >= 11 is 0. The fourth-order valence-electron chi connectivity index (χ4n) is 1.21. The molecule has 0 aliphatic carbocycles. The van der Waals surface area contributed by atoms with Gasteiger partial charge in [-0.05, 0) is 0 Å². The van der Waals surface area contributed by atoms with Gasteiger partial charge in [0.05, 0.1) is 12.7 Å². The van der Waals surface area contributed by atoms with Gasteiger partial charge in [-0.1, -0.05) is 35.5 Å². The summed E-state index contributed by atoms with van der Waals surface area (Å²) in [4.78, 5) is 10.2. The first-order valence-corrected chi connectivity index (χ1v) is 4.29. The van der Waals surface area contributed by atoms with E-state index in [1.165, 1.54) is 4.68 Å². The molecule has 0 radical (unpaired) electrons. The molecule has 1 aromatic carbocycles. The highest BCUT2D eigenvalue weighted by molar-refractivity contribution is 5.57. The Bertz CT molecular complexity index is 422. The first kappa shape index (κ1) is 8.62. The molecule has 0 amide bonds. The van der Waals surface area contributed by atoms with Crippen LogP contribution >= 0.6 is 0 Å². The van der Waals surface area contributed by atoms with Crippen LogP contribution in [0.3, 0.4) is 0 Å². The van der Waals surface area contributed by atoms with Crippen LogP contribution in [0.4, 0.5) is 0 Å². The van der Waals surface area contributed by atoms with E-state index in [1.54, 1.807) is 6.20 Å². The third-order valence-corrected chi connectivity index (χ3v) is 1.87. The van der Waals surface area contributed by atoms with Gasteiger partial charge in [-0.25, -0.2) is 4.68 Å². The molecule has 70 valence electrons. The lowest BCUT2D eigenvalue weighted by Crippen LogP contribution is -1.98. The van der Waals surface area contributed by atoms with Gasteiger partial charge in [0.25, 0.3) is 0 Å². The highest BCUT2D eigenvalue weighted by Crippen LogP contribution is 2.14. The van der Waals surface area contributed by atoms with Gasteiger partial charge in [0, 0.05) is 5.56 Å². The molecule has 0 bridgehead atoms. The van der Waals surface area contributed by atoms with Crippen LogP contribution in [-0.2, 0) is 11.3 Å². The van der Waals surface area contributed by atoms with Gasteiger partial charge in [-0.2, -0.15) is 0 Å². The molecule has 2 rings (SSSR count). The van der Waals surface area contributed by atoms with Gasteiger partial charge in [0.1, 0.15) is 12.0 Å². The van der Waals surface area contributed by atoms with E-state index >= 15 is 0 Å². The number of carbonyl (C=O) groups is 1. The lowest BCUT2D eigenvalue weighted by molar-refractivity contribution is -0.108. The highest BCUT2D eigenvalue weighted by Gasteiger charge is 2.01. The minimum Gasteiger partial charge on any atom is -0.301 e. The maximum atomic E-state index is 10.2. The van der Waals surface area contributed by atoms with E-state index in [9.17, 15) is 4.79 Å². The summed E-state index contributed by atoms with van der Waals surface area (Å²) in [7, 11) is 0. The molecule has 0 saturated carbocycles. The molecular weight excluding hydrogens is 178 g/mol. The molecule has 0 saturated heterocycles. The van der Waals surface area contributed by atoms with Crippen LogP contribution in [0, 0.1) is 0 Å². The Balaban J connectivity index is 2.29. The molecule has 0 atom stereocenters.